The average Bonchev–Trinajstić information content (AvgIpc) is 2.17. The third-order valence-corrected chi connectivity index (χ3v) is 6.09. The lowest BCUT2D eigenvalue weighted by Gasteiger charge is -2.72. The van der Waals surface area contributed by atoms with E-state index in [1.807, 2.05) is 5.57 Å². The van der Waals surface area contributed by atoms with Crippen LogP contribution in [0.25, 0.3) is 0 Å². The summed E-state index contributed by atoms with van der Waals surface area (Å²) >= 11 is 0. The van der Waals surface area contributed by atoms with Crippen molar-refractivity contribution in [1.29, 1.82) is 0 Å². The highest BCUT2D eigenvalue weighted by Gasteiger charge is 2.85. The molecule has 0 aromatic rings. The van der Waals surface area contributed by atoms with Gasteiger partial charge in [0.1, 0.15) is 0 Å². The number of allylic oxidation sites excluding steroid dienone is 2. The minimum absolute atomic E-state index is 0.895. The second-order valence-corrected chi connectivity index (χ2v) is 5.73. The molecule has 0 heterocycles. The lowest BCUT2D eigenvalue weighted by molar-refractivity contribution is -0.194. The van der Waals surface area contributed by atoms with E-state index in [-0.39, 0.29) is 0 Å². The summed E-state index contributed by atoms with van der Waals surface area (Å²) in [4.78, 5) is 0. The molecule has 0 N–H and O–H groups in total. The molecule has 0 aromatic carbocycles. The molecule has 12 heavy (non-hydrogen) atoms. The Hall–Kier alpha value is -0.260. The molecule has 1 spiro atoms. The Labute approximate surface area is 73.0 Å². The molecule has 5 saturated carbocycles. The number of hydrogen-bond acceptors (Lipinski definition) is 0. The van der Waals surface area contributed by atoms with Crippen LogP contribution in [0.4, 0.5) is 0 Å². The maximum Gasteiger partial charge on any atom is 0.00399 e. The molecule has 5 fully saturated rings. The normalized spacial score (nSPS) is 73.3. The van der Waals surface area contributed by atoms with Gasteiger partial charge in [-0.2, -0.15) is 0 Å². The van der Waals surface area contributed by atoms with Gasteiger partial charge < -0.3 is 0 Å². The van der Waals surface area contributed by atoms with Gasteiger partial charge in [-0.05, 0) is 55.3 Å². The largest absolute Gasteiger partial charge is 0.0804 e. The lowest BCUT2D eigenvalue weighted by atomic mass is 9.31. The summed E-state index contributed by atoms with van der Waals surface area (Å²) in [5, 5.41) is 0. The van der Waals surface area contributed by atoms with Crippen molar-refractivity contribution in [3.63, 3.8) is 0 Å². The van der Waals surface area contributed by atoms with Crippen molar-refractivity contribution in [2.24, 2.45) is 35.0 Å². The minimum Gasteiger partial charge on any atom is -0.0804 e. The molecule has 3 unspecified atom stereocenters. The Bertz CT molecular complexity index is 315. The Kier molecular flexibility index (Phi) is 0.562. The summed E-state index contributed by atoms with van der Waals surface area (Å²) in [7, 11) is 0. The monoisotopic (exact) mass is 158 g/mol. The van der Waals surface area contributed by atoms with E-state index < -0.39 is 0 Å². The first-order valence-electron chi connectivity index (χ1n) is 5.65. The zero-order valence-electron chi connectivity index (χ0n) is 7.29. The summed E-state index contributed by atoms with van der Waals surface area (Å²) in [5.74, 6) is 5.91. The molecule has 0 aliphatic heterocycles. The average molecular weight is 158 g/mol. The van der Waals surface area contributed by atoms with Gasteiger partial charge in [-0.3, -0.25) is 0 Å². The molecular formula is C12H14. The standard InChI is InChI=1S/C12H14/c1-2-6-4-8-7(3-1)11-9-5-10(11)12(6,8)9/h4,7-11H,1-3,5H2/t7-,8?,9?,10?,11?,12?/m1/s1. The van der Waals surface area contributed by atoms with Gasteiger partial charge in [-0.25, -0.2) is 0 Å². The summed E-state index contributed by atoms with van der Waals surface area (Å²) in [6.07, 6.45) is 8.86. The highest BCUT2D eigenvalue weighted by Crippen LogP contribution is 2.90. The molecule has 6 bridgehead atoms. The Balaban J connectivity index is 1.82. The van der Waals surface area contributed by atoms with Crippen molar-refractivity contribution >= 4 is 0 Å². The molecule has 4 atom stereocenters. The Morgan fingerprint density at radius 3 is 3.08 bits per heavy atom. The first-order valence-corrected chi connectivity index (χ1v) is 5.65. The van der Waals surface area contributed by atoms with E-state index in [0.29, 0.717) is 0 Å². The number of rotatable bonds is 0. The third kappa shape index (κ3) is 0.258. The third-order valence-electron chi connectivity index (χ3n) is 6.09. The fourth-order valence-electron chi connectivity index (χ4n) is 5.80. The van der Waals surface area contributed by atoms with Gasteiger partial charge in [0.2, 0.25) is 0 Å². The molecule has 0 amide bonds. The van der Waals surface area contributed by atoms with Gasteiger partial charge in [0.25, 0.3) is 0 Å². The minimum atomic E-state index is 0.895. The van der Waals surface area contributed by atoms with Gasteiger partial charge in [0, 0.05) is 5.41 Å². The van der Waals surface area contributed by atoms with Crippen LogP contribution in [0.5, 0.6) is 0 Å². The zero-order chi connectivity index (χ0) is 7.50. The van der Waals surface area contributed by atoms with E-state index in [9.17, 15) is 0 Å². The summed E-state index contributed by atoms with van der Waals surface area (Å²) < 4.78 is 0. The van der Waals surface area contributed by atoms with Crippen LogP contribution in [-0.2, 0) is 0 Å². The first-order chi connectivity index (χ1) is 5.94. The molecule has 7 rings (SSSR count). The maximum absolute atomic E-state index is 2.67. The number of hydrogen-bond donors (Lipinski definition) is 0. The van der Waals surface area contributed by atoms with Crippen LogP contribution < -0.4 is 0 Å². The maximum atomic E-state index is 2.67. The smallest absolute Gasteiger partial charge is 0.00399 e. The van der Waals surface area contributed by atoms with Crippen molar-refractivity contribution < 1.29 is 0 Å². The van der Waals surface area contributed by atoms with E-state index in [0.717, 1.165) is 11.3 Å². The van der Waals surface area contributed by atoms with Crippen LogP contribution in [-0.4, -0.2) is 0 Å². The fourth-order valence-corrected chi connectivity index (χ4v) is 5.80. The quantitative estimate of drug-likeness (QED) is 0.475. The molecule has 0 radical (unpaired) electrons. The summed E-state index contributed by atoms with van der Waals surface area (Å²) in [6.45, 7) is 0. The predicted octanol–water partition coefficient (Wildman–Crippen LogP) is 2.61. The van der Waals surface area contributed by atoms with Crippen LogP contribution in [0.2, 0.25) is 0 Å². The molecule has 0 aromatic heterocycles. The lowest BCUT2D eigenvalue weighted by Crippen LogP contribution is -2.67. The fraction of sp³-hybridized carbons (Fsp3) is 0.833. The molecule has 0 saturated heterocycles. The SMILES string of the molecule is C1=C2CCC[C@H]3C4C5CC4C25C13. The zero-order valence-corrected chi connectivity index (χ0v) is 7.29. The van der Waals surface area contributed by atoms with Crippen molar-refractivity contribution in [1.82, 2.24) is 0 Å². The van der Waals surface area contributed by atoms with E-state index in [1.165, 1.54) is 36.5 Å². The highest BCUT2D eigenvalue weighted by molar-refractivity contribution is 5.49. The van der Waals surface area contributed by atoms with Crippen molar-refractivity contribution in [2.75, 3.05) is 0 Å². The topological polar surface area (TPSA) is 0 Å². The second kappa shape index (κ2) is 1.23. The van der Waals surface area contributed by atoms with Gasteiger partial charge in [0.15, 0.2) is 0 Å². The summed E-state index contributed by atoms with van der Waals surface area (Å²) in [6, 6.07) is 0. The van der Waals surface area contributed by atoms with Crippen LogP contribution in [0, 0.1) is 35.0 Å². The molecular weight excluding hydrogens is 144 g/mol. The van der Waals surface area contributed by atoms with Crippen molar-refractivity contribution in [3.05, 3.63) is 11.6 Å². The van der Waals surface area contributed by atoms with Gasteiger partial charge >= 0.3 is 0 Å². The van der Waals surface area contributed by atoms with E-state index in [1.54, 1.807) is 12.8 Å². The van der Waals surface area contributed by atoms with Crippen molar-refractivity contribution in [2.45, 2.75) is 25.7 Å². The molecule has 62 valence electrons. The van der Waals surface area contributed by atoms with E-state index in [4.69, 9.17) is 0 Å². The van der Waals surface area contributed by atoms with Crippen LogP contribution in [0.15, 0.2) is 11.6 Å². The van der Waals surface area contributed by atoms with Gasteiger partial charge in [-0.15, -0.1) is 0 Å². The van der Waals surface area contributed by atoms with E-state index >= 15 is 0 Å². The summed E-state index contributed by atoms with van der Waals surface area (Å²) in [5.41, 5.74) is 2.82. The van der Waals surface area contributed by atoms with Gasteiger partial charge in [-0.1, -0.05) is 11.6 Å². The molecule has 0 heteroatoms. The van der Waals surface area contributed by atoms with Gasteiger partial charge in [0.05, 0.1) is 0 Å². The molecule has 7 aliphatic carbocycles. The van der Waals surface area contributed by atoms with Crippen molar-refractivity contribution in [3.8, 4) is 0 Å². The van der Waals surface area contributed by atoms with E-state index in [2.05, 4.69) is 6.08 Å². The predicted molar refractivity (Wildman–Crippen MR) is 46.4 cm³/mol. The molecule has 0 nitrogen and oxygen atoms in total. The van der Waals surface area contributed by atoms with Crippen LogP contribution in [0.3, 0.4) is 0 Å². The van der Waals surface area contributed by atoms with Crippen LogP contribution in [0.1, 0.15) is 25.7 Å². The Morgan fingerprint density at radius 2 is 2.25 bits per heavy atom. The second-order valence-electron chi connectivity index (χ2n) is 5.73. The Morgan fingerprint density at radius 1 is 1.33 bits per heavy atom. The highest BCUT2D eigenvalue weighted by atomic mass is 14.9. The van der Waals surface area contributed by atoms with Crippen LogP contribution >= 0.6 is 0 Å². The molecule has 7 aliphatic rings. The first kappa shape index (κ1) is 5.47.